The summed E-state index contributed by atoms with van der Waals surface area (Å²) in [6, 6.07) is 21.5. The number of nitrogens with one attached hydrogen (secondary N) is 1. The second-order valence-corrected chi connectivity index (χ2v) is 14.3. The maximum absolute atomic E-state index is 13.9. The highest BCUT2D eigenvalue weighted by Gasteiger charge is 2.56. The fourth-order valence-corrected chi connectivity index (χ4v) is 8.74. The Morgan fingerprint density at radius 2 is 1.60 bits per heavy atom. The maximum atomic E-state index is 13.9. The van der Waals surface area contributed by atoms with Crippen LogP contribution in [0.5, 0.6) is 0 Å². The summed E-state index contributed by atoms with van der Waals surface area (Å²) in [6.45, 7) is -0.344. The number of amides is 3. The normalized spacial score (nSPS) is 19.9. The molecular weight excluding hydrogens is 664 g/mol. The summed E-state index contributed by atoms with van der Waals surface area (Å²) < 4.78 is 25.2. The van der Waals surface area contributed by atoms with E-state index in [2.05, 4.69) is 21.2 Å². The zero-order chi connectivity index (χ0) is 29.8. The summed E-state index contributed by atoms with van der Waals surface area (Å²) in [5, 5.41) is 7.46. The third-order valence-electron chi connectivity index (χ3n) is 7.06. The minimum absolute atomic E-state index is 0.103. The number of para-hydroxylation sites is 1. The summed E-state index contributed by atoms with van der Waals surface area (Å²) >= 11 is 5.53. The zero-order valence-corrected chi connectivity index (χ0v) is 25.5. The molecule has 4 aromatic rings. The van der Waals surface area contributed by atoms with Gasteiger partial charge in [0.2, 0.25) is 27.7 Å². The van der Waals surface area contributed by atoms with Crippen molar-refractivity contribution in [2.24, 2.45) is 11.1 Å². The number of sulfonamides is 1. The molecule has 2 aliphatic rings. The number of benzene rings is 3. The smallest absolute Gasteiger partial charge is 0.308 e. The van der Waals surface area contributed by atoms with Crippen molar-refractivity contribution in [2.45, 2.75) is 27.6 Å². The van der Waals surface area contributed by atoms with Gasteiger partial charge in [0.05, 0.1) is 21.5 Å². The first kappa shape index (κ1) is 28.6. The molecule has 214 valence electrons. The molecule has 10 nitrogen and oxygen atoms in total. The van der Waals surface area contributed by atoms with Gasteiger partial charge in [0.15, 0.2) is 0 Å². The number of carbonyl (C=O) groups is 3. The van der Waals surface area contributed by atoms with Crippen LogP contribution in [0.25, 0.3) is 0 Å². The number of hydrogen-bond acceptors (Lipinski definition) is 8. The lowest BCUT2D eigenvalue weighted by Gasteiger charge is -2.30. The lowest BCUT2D eigenvalue weighted by molar-refractivity contribution is -0.122. The number of hydrogen-bond donors (Lipinski definition) is 2. The van der Waals surface area contributed by atoms with Crippen LogP contribution in [-0.4, -0.2) is 36.0 Å². The largest absolute Gasteiger partial charge is 0.325 e. The molecule has 3 heterocycles. The number of primary sulfonamides is 1. The number of thioether (sulfide) groups is 1. The second kappa shape index (κ2) is 10.9. The van der Waals surface area contributed by atoms with Crippen LogP contribution in [0, 0.1) is 5.92 Å². The second-order valence-electron chi connectivity index (χ2n) is 9.68. The Kier molecular flexibility index (Phi) is 7.43. The molecule has 3 aromatic carbocycles. The summed E-state index contributed by atoms with van der Waals surface area (Å²) in [4.78, 5) is 55.2. The first-order valence-electron chi connectivity index (χ1n) is 12.5. The number of nitrogens with zero attached hydrogens (tertiary/aromatic N) is 2. The SMILES string of the molecule is NS(=O)(=O)c1ccc(NC(=O)Cn2c3c(sc2=O)C(c2ccc(Br)cc2)C2C(=O)N(c4ccccc4)C(=O)C2S3)cc1. The van der Waals surface area contributed by atoms with Crippen molar-refractivity contribution < 1.29 is 22.8 Å². The summed E-state index contributed by atoms with van der Waals surface area (Å²) in [7, 11) is -3.89. The minimum Gasteiger partial charge on any atom is -0.325 e. The van der Waals surface area contributed by atoms with Crippen molar-refractivity contribution in [2.75, 3.05) is 10.2 Å². The van der Waals surface area contributed by atoms with Gasteiger partial charge < -0.3 is 5.32 Å². The molecule has 3 unspecified atom stereocenters. The van der Waals surface area contributed by atoms with Crippen LogP contribution >= 0.6 is 39.0 Å². The van der Waals surface area contributed by atoms with E-state index >= 15 is 0 Å². The Balaban J connectivity index is 1.36. The number of thiazole rings is 1. The van der Waals surface area contributed by atoms with E-state index < -0.39 is 37.9 Å². The molecule has 0 saturated carbocycles. The van der Waals surface area contributed by atoms with Crippen molar-refractivity contribution >= 4 is 78.1 Å². The highest BCUT2D eigenvalue weighted by molar-refractivity contribution is 9.10. The van der Waals surface area contributed by atoms with Gasteiger partial charge in [-0.15, -0.1) is 0 Å². The van der Waals surface area contributed by atoms with E-state index in [1.807, 2.05) is 24.3 Å². The highest BCUT2D eigenvalue weighted by Crippen LogP contribution is 2.53. The third kappa shape index (κ3) is 5.13. The molecular formula is C28H21BrN4O6S3. The first-order valence-corrected chi connectivity index (χ1v) is 16.6. The Morgan fingerprint density at radius 3 is 2.24 bits per heavy atom. The Morgan fingerprint density at radius 1 is 0.929 bits per heavy atom. The number of carbonyl (C=O) groups excluding carboxylic acids is 3. The molecule has 0 spiro atoms. The molecule has 42 heavy (non-hydrogen) atoms. The van der Waals surface area contributed by atoms with E-state index in [1.54, 1.807) is 30.3 Å². The number of halogens is 1. The van der Waals surface area contributed by atoms with Crippen LogP contribution in [0.4, 0.5) is 11.4 Å². The van der Waals surface area contributed by atoms with Crippen molar-refractivity contribution in [3.63, 3.8) is 0 Å². The number of nitrogens with two attached hydrogens (primary N) is 1. The van der Waals surface area contributed by atoms with Gasteiger partial charge in [0.1, 0.15) is 11.8 Å². The fourth-order valence-electron chi connectivity index (χ4n) is 5.19. The van der Waals surface area contributed by atoms with Crippen LogP contribution in [-0.2, 0) is 31.0 Å². The molecule has 0 radical (unpaired) electrons. The Hall–Kier alpha value is -3.56. The van der Waals surface area contributed by atoms with E-state index in [-0.39, 0.29) is 23.3 Å². The van der Waals surface area contributed by atoms with Crippen LogP contribution in [0.1, 0.15) is 16.4 Å². The molecule has 0 bridgehead atoms. The average Bonchev–Trinajstić information content (AvgIpc) is 3.40. The molecule has 14 heteroatoms. The van der Waals surface area contributed by atoms with Gasteiger partial charge in [0, 0.05) is 21.0 Å². The molecule has 3 atom stereocenters. The molecule has 0 aliphatic carbocycles. The van der Waals surface area contributed by atoms with Gasteiger partial charge in [-0.05, 0) is 54.1 Å². The van der Waals surface area contributed by atoms with Gasteiger partial charge in [-0.25, -0.2) is 18.5 Å². The molecule has 1 aromatic heterocycles. The van der Waals surface area contributed by atoms with Crippen LogP contribution in [0.3, 0.4) is 0 Å². The molecule has 1 saturated heterocycles. The number of imide groups is 1. The van der Waals surface area contributed by atoms with Gasteiger partial charge in [-0.3, -0.25) is 23.7 Å². The van der Waals surface area contributed by atoms with Gasteiger partial charge in [0.25, 0.3) is 0 Å². The predicted octanol–water partition coefficient (Wildman–Crippen LogP) is 3.75. The van der Waals surface area contributed by atoms with Crippen LogP contribution < -0.4 is 20.2 Å². The maximum Gasteiger partial charge on any atom is 0.308 e. The lowest BCUT2D eigenvalue weighted by Crippen LogP contribution is -2.33. The standard InChI is InChI=1S/C28H21BrN4O6S3/c29-16-8-6-15(7-9-16)21-22-23(26(36)33(25(22)35)18-4-2-1-3-5-18)40-27-24(21)41-28(37)32(27)14-20(34)31-17-10-12-19(13-11-17)42(30,38)39/h1-13,21-23H,14H2,(H,31,34)(H2,30,38,39). The van der Waals surface area contributed by atoms with Crippen molar-refractivity contribution in [3.05, 3.63) is 103 Å². The number of fused-ring (bicyclic) bond motifs is 2. The lowest BCUT2D eigenvalue weighted by atomic mass is 9.83. The molecule has 3 amide bonds. The van der Waals surface area contributed by atoms with Crippen LogP contribution in [0.15, 0.2) is 98.1 Å². The van der Waals surface area contributed by atoms with Crippen molar-refractivity contribution in [1.82, 2.24) is 4.57 Å². The van der Waals surface area contributed by atoms with E-state index in [9.17, 15) is 27.6 Å². The first-order chi connectivity index (χ1) is 20.0. The third-order valence-corrected chi connectivity index (χ3v) is 11.1. The summed E-state index contributed by atoms with van der Waals surface area (Å²) in [5.74, 6) is -2.55. The predicted molar refractivity (Wildman–Crippen MR) is 163 cm³/mol. The average molecular weight is 686 g/mol. The molecule has 2 aliphatic heterocycles. The minimum atomic E-state index is -3.89. The van der Waals surface area contributed by atoms with Crippen molar-refractivity contribution in [1.29, 1.82) is 0 Å². The monoisotopic (exact) mass is 684 g/mol. The number of aromatic nitrogens is 1. The van der Waals surface area contributed by atoms with Gasteiger partial charge in [-0.2, -0.15) is 0 Å². The van der Waals surface area contributed by atoms with E-state index in [0.29, 0.717) is 21.3 Å². The number of rotatable bonds is 6. The van der Waals surface area contributed by atoms with Gasteiger partial charge in [-0.1, -0.05) is 69.4 Å². The van der Waals surface area contributed by atoms with E-state index in [1.165, 1.54) is 33.7 Å². The van der Waals surface area contributed by atoms with Crippen LogP contribution in [0.2, 0.25) is 0 Å². The molecule has 1 fully saturated rings. The quantitative estimate of drug-likeness (QED) is 0.294. The zero-order valence-electron chi connectivity index (χ0n) is 21.5. The van der Waals surface area contributed by atoms with E-state index in [4.69, 9.17) is 5.14 Å². The Labute approximate surface area is 256 Å². The number of anilines is 2. The summed E-state index contributed by atoms with van der Waals surface area (Å²) in [5.41, 5.74) is 1.57. The topological polar surface area (TPSA) is 149 Å². The fraction of sp³-hybridized carbons (Fsp3) is 0.143. The molecule has 6 rings (SSSR count). The molecule has 3 N–H and O–H groups in total. The Bertz CT molecular complexity index is 1890. The summed E-state index contributed by atoms with van der Waals surface area (Å²) in [6.07, 6.45) is 0. The highest BCUT2D eigenvalue weighted by atomic mass is 79.9. The van der Waals surface area contributed by atoms with E-state index in [0.717, 1.165) is 33.1 Å². The van der Waals surface area contributed by atoms with Crippen molar-refractivity contribution in [3.8, 4) is 0 Å². The van der Waals surface area contributed by atoms with Gasteiger partial charge >= 0.3 is 4.87 Å².